The van der Waals surface area contributed by atoms with Gasteiger partial charge in [-0.3, -0.25) is 0 Å². The van der Waals surface area contributed by atoms with Crippen LogP contribution in [-0.2, 0) is 9.59 Å². The summed E-state index contributed by atoms with van der Waals surface area (Å²) in [5.74, 6) is -5.88. The standard InChI is InChI=1S/C13H16F3N.C2H2O4/c1-2-6-17-7-9(8-17)12(15)10-4-3-5-11(14)13(10)16;3-1(4)2(5)6/h3-5,9,12H,2,6-8H2,1H3;(H,3,4)(H,5,6). The van der Waals surface area contributed by atoms with Crippen LogP contribution in [0, 0.1) is 17.6 Å². The van der Waals surface area contributed by atoms with E-state index in [1.165, 1.54) is 12.1 Å². The summed E-state index contributed by atoms with van der Waals surface area (Å²) in [4.78, 5) is 20.3. The summed E-state index contributed by atoms with van der Waals surface area (Å²) in [6.45, 7) is 4.26. The molecule has 2 rings (SSSR count). The minimum absolute atomic E-state index is 0.147. The number of carbonyl (C=O) groups is 2. The van der Waals surface area contributed by atoms with E-state index >= 15 is 0 Å². The van der Waals surface area contributed by atoms with Gasteiger partial charge in [-0.2, -0.15) is 0 Å². The average molecular weight is 333 g/mol. The van der Waals surface area contributed by atoms with Crippen molar-refractivity contribution in [3.8, 4) is 0 Å². The summed E-state index contributed by atoms with van der Waals surface area (Å²) < 4.78 is 40.4. The number of carboxylic acid groups (broad SMARTS) is 2. The number of carboxylic acids is 2. The zero-order chi connectivity index (χ0) is 17.6. The molecule has 0 radical (unpaired) electrons. The van der Waals surface area contributed by atoms with Crippen molar-refractivity contribution >= 4 is 11.9 Å². The molecule has 1 aromatic rings. The molecule has 1 heterocycles. The first-order valence-corrected chi connectivity index (χ1v) is 7.04. The van der Waals surface area contributed by atoms with Crippen LogP contribution in [0.2, 0.25) is 0 Å². The van der Waals surface area contributed by atoms with Crippen LogP contribution in [0.3, 0.4) is 0 Å². The van der Waals surface area contributed by atoms with E-state index in [2.05, 4.69) is 11.8 Å². The lowest BCUT2D eigenvalue weighted by molar-refractivity contribution is -0.159. The van der Waals surface area contributed by atoms with Crippen molar-refractivity contribution in [1.82, 2.24) is 4.90 Å². The molecule has 5 nitrogen and oxygen atoms in total. The highest BCUT2D eigenvalue weighted by Crippen LogP contribution is 2.34. The molecule has 0 aromatic heterocycles. The average Bonchev–Trinajstić information content (AvgIpc) is 2.45. The third kappa shape index (κ3) is 5.24. The van der Waals surface area contributed by atoms with E-state index in [1.807, 2.05) is 0 Å². The Kier molecular flexibility index (Phi) is 7.02. The normalized spacial score (nSPS) is 16.0. The van der Waals surface area contributed by atoms with Gasteiger partial charge in [0.15, 0.2) is 11.6 Å². The molecule has 0 aliphatic carbocycles. The van der Waals surface area contributed by atoms with E-state index in [4.69, 9.17) is 19.8 Å². The fourth-order valence-corrected chi connectivity index (χ4v) is 2.28. The molecule has 1 aromatic carbocycles. The van der Waals surface area contributed by atoms with Crippen LogP contribution in [0.15, 0.2) is 18.2 Å². The Labute approximate surface area is 131 Å². The molecule has 2 N–H and O–H groups in total. The lowest BCUT2D eigenvalue weighted by atomic mass is 9.90. The maximum Gasteiger partial charge on any atom is 0.414 e. The lowest BCUT2D eigenvalue weighted by Gasteiger charge is -2.40. The van der Waals surface area contributed by atoms with E-state index in [0.717, 1.165) is 19.0 Å². The topological polar surface area (TPSA) is 77.8 Å². The molecule has 23 heavy (non-hydrogen) atoms. The molecule has 1 unspecified atom stereocenters. The second kappa shape index (κ2) is 8.52. The summed E-state index contributed by atoms with van der Waals surface area (Å²) in [5, 5.41) is 14.8. The molecular formula is C15H18F3NO4. The number of benzene rings is 1. The number of likely N-dealkylation sites (tertiary alicyclic amines) is 1. The minimum atomic E-state index is -1.82. The number of aliphatic carboxylic acids is 2. The van der Waals surface area contributed by atoms with Crippen molar-refractivity contribution in [2.75, 3.05) is 19.6 Å². The molecule has 1 saturated heterocycles. The van der Waals surface area contributed by atoms with Gasteiger partial charge in [0, 0.05) is 24.6 Å². The number of halogens is 3. The molecule has 1 atom stereocenters. The van der Waals surface area contributed by atoms with Crippen LogP contribution in [0.4, 0.5) is 13.2 Å². The monoisotopic (exact) mass is 333 g/mol. The first-order valence-electron chi connectivity index (χ1n) is 7.04. The fourth-order valence-electron chi connectivity index (χ4n) is 2.28. The molecular weight excluding hydrogens is 315 g/mol. The van der Waals surface area contributed by atoms with E-state index < -0.39 is 29.7 Å². The zero-order valence-electron chi connectivity index (χ0n) is 12.5. The molecule has 8 heteroatoms. The number of rotatable bonds is 4. The molecule has 1 aliphatic rings. The first-order chi connectivity index (χ1) is 10.8. The molecule has 0 amide bonds. The van der Waals surface area contributed by atoms with Crippen LogP contribution >= 0.6 is 0 Å². The van der Waals surface area contributed by atoms with Gasteiger partial charge in [0.05, 0.1) is 0 Å². The van der Waals surface area contributed by atoms with Crippen LogP contribution in [-0.4, -0.2) is 46.7 Å². The molecule has 0 spiro atoms. The van der Waals surface area contributed by atoms with Gasteiger partial charge in [0.2, 0.25) is 0 Å². The van der Waals surface area contributed by atoms with Crippen molar-refractivity contribution in [3.63, 3.8) is 0 Å². The van der Waals surface area contributed by atoms with Gasteiger partial charge in [-0.15, -0.1) is 0 Å². The summed E-state index contributed by atoms with van der Waals surface area (Å²) >= 11 is 0. The van der Waals surface area contributed by atoms with Gasteiger partial charge < -0.3 is 15.1 Å². The highest BCUT2D eigenvalue weighted by Gasteiger charge is 2.35. The minimum Gasteiger partial charge on any atom is -0.473 e. The summed E-state index contributed by atoms with van der Waals surface area (Å²) in [7, 11) is 0. The Morgan fingerprint density at radius 2 is 1.83 bits per heavy atom. The third-order valence-corrected chi connectivity index (χ3v) is 3.40. The van der Waals surface area contributed by atoms with Gasteiger partial charge in [-0.05, 0) is 19.0 Å². The van der Waals surface area contributed by atoms with Gasteiger partial charge >= 0.3 is 11.9 Å². The highest BCUT2D eigenvalue weighted by molar-refractivity contribution is 6.27. The Morgan fingerprint density at radius 1 is 1.26 bits per heavy atom. The van der Waals surface area contributed by atoms with Crippen molar-refractivity contribution in [3.05, 3.63) is 35.4 Å². The first kappa shape index (κ1) is 19.0. The highest BCUT2D eigenvalue weighted by atomic mass is 19.2. The van der Waals surface area contributed by atoms with Crippen molar-refractivity contribution in [2.24, 2.45) is 5.92 Å². The SMILES string of the molecule is CCCN1CC(C(F)c2cccc(F)c2F)C1.O=C(O)C(=O)O. The zero-order valence-corrected chi connectivity index (χ0v) is 12.5. The van der Waals surface area contributed by atoms with Crippen molar-refractivity contribution in [2.45, 2.75) is 19.5 Å². The maximum absolute atomic E-state index is 14.0. The number of hydrogen-bond donors (Lipinski definition) is 2. The fraction of sp³-hybridized carbons (Fsp3) is 0.467. The van der Waals surface area contributed by atoms with E-state index in [-0.39, 0.29) is 11.5 Å². The predicted octanol–water partition coefficient (Wildman–Crippen LogP) is 2.47. The van der Waals surface area contributed by atoms with Gasteiger partial charge in [-0.25, -0.2) is 22.8 Å². The molecule has 1 aliphatic heterocycles. The largest absolute Gasteiger partial charge is 0.473 e. The van der Waals surface area contributed by atoms with Crippen LogP contribution in [0.5, 0.6) is 0 Å². The molecule has 128 valence electrons. The van der Waals surface area contributed by atoms with E-state index in [1.54, 1.807) is 0 Å². The van der Waals surface area contributed by atoms with E-state index in [0.29, 0.717) is 13.1 Å². The molecule has 0 saturated carbocycles. The quantitative estimate of drug-likeness (QED) is 0.828. The Hall–Kier alpha value is -2.09. The van der Waals surface area contributed by atoms with Crippen molar-refractivity contribution in [1.29, 1.82) is 0 Å². The van der Waals surface area contributed by atoms with Crippen molar-refractivity contribution < 1.29 is 33.0 Å². The van der Waals surface area contributed by atoms with Crippen LogP contribution < -0.4 is 0 Å². The summed E-state index contributed by atoms with van der Waals surface area (Å²) in [6, 6.07) is 3.68. The number of alkyl halides is 1. The number of hydrogen-bond acceptors (Lipinski definition) is 3. The Bertz CT molecular complexity index is 550. The van der Waals surface area contributed by atoms with Crippen LogP contribution in [0.1, 0.15) is 25.1 Å². The molecule has 1 fully saturated rings. The van der Waals surface area contributed by atoms with E-state index in [9.17, 15) is 13.2 Å². The van der Waals surface area contributed by atoms with Gasteiger partial charge in [0.25, 0.3) is 0 Å². The Balaban J connectivity index is 0.000000379. The lowest BCUT2D eigenvalue weighted by Crippen LogP contribution is -2.48. The summed E-state index contributed by atoms with van der Waals surface area (Å²) in [6.07, 6.45) is -0.378. The smallest absolute Gasteiger partial charge is 0.414 e. The summed E-state index contributed by atoms with van der Waals surface area (Å²) in [5.41, 5.74) is -0.147. The molecule has 0 bridgehead atoms. The third-order valence-electron chi connectivity index (χ3n) is 3.40. The second-order valence-electron chi connectivity index (χ2n) is 5.17. The maximum atomic E-state index is 14.0. The Morgan fingerprint density at radius 3 is 2.30 bits per heavy atom. The number of nitrogens with zero attached hydrogens (tertiary/aromatic N) is 1. The second-order valence-corrected chi connectivity index (χ2v) is 5.17. The van der Waals surface area contributed by atoms with Crippen LogP contribution in [0.25, 0.3) is 0 Å². The van der Waals surface area contributed by atoms with Gasteiger partial charge in [0.1, 0.15) is 6.17 Å². The van der Waals surface area contributed by atoms with Gasteiger partial charge in [-0.1, -0.05) is 19.1 Å². The predicted molar refractivity (Wildman–Crippen MR) is 75.7 cm³/mol.